The molecule has 1 aromatic heterocycles. The van der Waals surface area contributed by atoms with E-state index in [1.807, 2.05) is 13.0 Å². The summed E-state index contributed by atoms with van der Waals surface area (Å²) in [6, 6.07) is 1.86. The van der Waals surface area contributed by atoms with E-state index >= 15 is 0 Å². The number of nitrogens with one attached hydrogen (secondary N) is 1. The molecule has 0 atom stereocenters. The smallest absolute Gasteiger partial charge is 0.225 e. The summed E-state index contributed by atoms with van der Waals surface area (Å²) in [5.41, 5.74) is 1.07. The van der Waals surface area contributed by atoms with Gasteiger partial charge in [-0.1, -0.05) is 13.3 Å². The van der Waals surface area contributed by atoms with E-state index in [0.29, 0.717) is 12.2 Å². The first kappa shape index (κ1) is 12.2. The molecule has 0 radical (unpaired) electrons. The van der Waals surface area contributed by atoms with Crippen molar-refractivity contribution in [2.75, 3.05) is 5.32 Å². The van der Waals surface area contributed by atoms with Gasteiger partial charge in [-0.2, -0.15) is 0 Å². The second-order valence-electron chi connectivity index (χ2n) is 3.47. The van der Waals surface area contributed by atoms with Gasteiger partial charge in [0, 0.05) is 17.1 Å². The van der Waals surface area contributed by atoms with Crippen molar-refractivity contribution in [2.45, 2.75) is 33.1 Å². The van der Waals surface area contributed by atoms with Gasteiger partial charge in [-0.15, -0.1) is 0 Å². The fraction of sp³-hybridized carbons (Fsp3) is 0.455. The maximum Gasteiger partial charge on any atom is 0.225 e. The zero-order valence-corrected chi connectivity index (χ0v) is 10.6. The summed E-state index contributed by atoms with van der Waals surface area (Å²) >= 11 is 3.36. The minimum absolute atomic E-state index is 0.0334. The van der Waals surface area contributed by atoms with Crippen molar-refractivity contribution in [2.24, 2.45) is 0 Å². The van der Waals surface area contributed by atoms with E-state index in [1.54, 1.807) is 6.20 Å². The lowest BCUT2D eigenvalue weighted by Crippen LogP contribution is -2.12. The molecule has 1 amide bonds. The second-order valence-corrected chi connectivity index (χ2v) is 4.32. The lowest BCUT2D eigenvalue weighted by atomic mass is 10.2. The average molecular weight is 271 g/mol. The maximum absolute atomic E-state index is 11.4. The minimum atomic E-state index is 0.0334. The number of hydrogen-bond donors (Lipinski definition) is 1. The van der Waals surface area contributed by atoms with E-state index < -0.39 is 0 Å². The number of amides is 1. The van der Waals surface area contributed by atoms with Crippen LogP contribution in [0.2, 0.25) is 0 Å². The third kappa shape index (κ3) is 4.00. The molecule has 0 aliphatic heterocycles. The lowest BCUT2D eigenvalue weighted by molar-refractivity contribution is -0.116. The van der Waals surface area contributed by atoms with Crippen LogP contribution in [0.5, 0.6) is 0 Å². The Bertz CT molecular complexity index is 352. The van der Waals surface area contributed by atoms with Gasteiger partial charge in [0.1, 0.15) is 5.82 Å². The van der Waals surface area contributed by atoms with E-state index in [1.165, 1.54) is 0 Å². The number of aromatic nitrogens is 1. The van der Waals surface area contributed by atoms with Crippen molar-refractivity contribution < 1.29 is 4.79 Å². The Morgan fingerprint density at radius 3 is 2.93 bits per heavy atom. The molecule has 1 N–H and O–H groups in total. The molecule has 1 rings (SSSR count). The number of anilines is 1. The molecule has 1 heterocycles. The predicted molar refractivity (Wildman–Crippen MR) is 64.8 cm³/mol. The predicted octanol–water partition coefficient (Wildman–Crippen LogP) is 3.28. The quantitative estimate of drug-likeness (QED) is 0.913. The number of rotatable bonds is 4. The van der Waals surface area contributed by atoms with Crippen molar-refractivity contribution >= 4 is 27.7 Å². The number of carbonyl (C=O) groups excluding carboxylic acids is 1. The number of unbranched alkanes of at least 4 members (excludes halogenated alkanes) is 1. The molecule has 0 fully saturated rings. The van der Waals surface area contributed by atoms with Gasteiger partial charge in [-0.3, -0.25) is 4.79 Å². The highest BCUT2D eigenvalue weighted by Gasteiger charge is 2.03. The Labute approximate surface area is 98.4 Å². The van der Waals surface area contributed by atoms with Crippen molar-refractivity contribution in [3.05, 3.63) is 22.3 Å². The molecule has 0 aromatic carbocycles. The third-order valence-electron chi connectivity index (χ3n) is 2.07. The fourth-order valence-corrected chi connectivity index (χ4v) is 1.37. The first-order chi connectivity index (χ1) is 7.13. The largest absolute Gasteiger partial charge is 0.311 e. The maximum atomic E-state index is 11.4. The van der Waals surface area contributed by atoms with Gasteiger partial charge in [0.05, 0.1) is 0 Å². The molecule has 3 nitrogen and oxygen atoms in total. The van der Waals surface area contributed by atoms with Gasteiger partial charge < -0.3 is 5.32 Å². The number of hydrogen-bond acceptors (Lipinski definition) is 2. The molecular formula is C11H15BrN2O. The molecule has 82 valence electrons. The lowest BCUT2D eigenvalue weighted by Gasteiger charge is -2.05. The van der Waals surface area contributed by atoms with Crippen LogP contribution in [0.15, 0.2) is 16.7 Å². The Hall–Kier alpha value is -0.900. The van der Waals surface area contributed by atoms with Crippen LogP contribution >= 0.6 is 15.9 Å². The second kappa shape index (κ2) is 5.85. The molecule has 0 saturated heterocycles. The Morgan fingerprint density at radius 1 is 1.60 bits per heavy atom. The third-order valence-corrected chi connectivity index (χ3v) is 2.90. The van der Waals surface area contributed by atoms with Crippen molar-refractivity contribution in [3.63, 3.8) is 0 Å². The van der Waals surface area contributed by atoms with Crippen molar-refractivity contribution in [1.29, 1.82) is 0 Å². The van der Waals surface area contributed by atoms with Crippen LogP contribution in [0.25, 0.3) is 0 Å². The molecule has 1 aromatic rings. The van der Waals surface area contributed by atoms with E-state index in [4.69, 9.17) is 0 Å². The van der Waals surface area contributed by atoms with E-state index in [2.05, 4.69) is 33.2 Å². The number of aryl methyl sites for hydroxylation is 1. The summed E-state index contributed by atoms with van der Waals surface area (Å²) in [7, 11) is 0. The number of halogens is 1. The van der Waals surface area contributed by atoms with Crippen LogP contribution in [-0.2, 0) is 4.79 Å². The zero-order chi connectivity index (χ0) is 11.3. The molecule has 0 aliphatic carbocycles. The summed E-state index contributed by atoms with van der Waals surface area (Å²) < 4.78 is 0.953. The molecular weight excluding hydrogens is 256 g/mol. The van der Waals surface area contributed by atoms with E-state index in [0.717, 1.165) is 22.9 Å². The zero-order valence-electron chi connectivity index (χ0n) is 9.01. The summed E-state index contributed by atoms with van der Waals surface area (Å²) in [6.45, 7) is 4.03. The SMILES string of the molecule is CCCCC(=O)Nc1cc(C)c(Br)cn1. The highest BCUT2D eigenvalue weighted by molar-refractivity contribution is 9.10. The van der Waals surface area contributed by atoms with E-state index in [-0.39, 0.29) is 5.91 Å². The highest BCUT2D eigenvalue weighted by atomic mass is 79.9. The normalized spacial score (nSPS) is 10.1. The van der Waals surface area contributed by atoms with Gasteiger partial charge in [-0.05, 0) is 40.9 Å². The van der Waals surface area contributed by atoms with Crippen molar-refractivity contribution in [1.82, 2.24) is 4.98 Å². The Kier molecular flexibility index (Phi) is 4.75. The summed E-state index contributed by atoms with van der Waals surface area (Å²) in [5, 5.41) is 2.77. The molecule has 0 saturated carbocycles. The standard InChI is InChI=1S/C11H15BrN2O/c1-3-4-5-11(15)14-10-6-8(2)9(12)7-13-10/h6-7H,3-5H2,1-2H3,(H,13,14,15). The molecule has 0 spiro atoms. The highest BCUT2D eigenvalue weighted by Crippen LogP contribution is 2.17. The van der Waals surface area contributed by atoms with Crippen LogP contribution in [0.1, 0.15) is 31.7 Å². The number of carbonyl (C=O) groups is 1. The van der Waals surface area contributed by atoms with Crippen LogP contribution in [0.3, 0.4) is 0 Å². The summed E-state index contributed by atoms with van der Waals surface area (Å²) in [6.07, 6.45) is 4.21. The van der Waals surface area contributed by atoms with Crippen LogP contribution in [0.4, 0.5) is 5.82 Å². The van der Waals surface area contributed by atoms with Gasteiger partial charge in [0.25, 0.3) is 0 Å². The van der Waals surface area contributed by atoms with Crippen LogP contribution in [-0.4, -0.2) is 10.9 Å². The number of pyridine rings is 1. The fourth-order valence-electron chi connectivity index (χ4n) is 1.15. The average Bonchev–Trinajstić information content (AvgIpc) is 2.20. The van der Waals surface area contributed by atoms with E-state index in [9.17, 15) is 4.79 Å². The van der Waals surface area contributed by atoms with Crippen LogP contribution in [0, 0.1) is 6.92 Å². The minimum Gasteiger partial charge on any atom is -0.311 e. The van der Waals surface area contributed by atoms with Gasteiger partial charge in [0.15, 0.2) is 0 Å². The van der Waals surface area contributed by atoms with Crippen LogP contribution < -0.4 is 5.32 Å². The Morgan fingerprint density at radius 2 is 2.33 bits per heavy atom. The monoisotopic (exact) mass is 270 g/mol. The summed E-state index contributed by atoms with van der Waals surface area (Å²) in [4.78, 5) is 15.5. The topological polar surface area (TPSA) is 42.0 Å². The van der Waals surface area contributed by atoms with Gasteiger partial charge in [-0.25, -0.2) is 4.98 Å². The number of nitrogens with zero attached hydrogens (tertiary/aromatic N) is 1. The molecule has 0 unspecified atom stereocenters. The molecule has 0 aliphatic rings. The Balaban J connectivity index is 2.57. The molecule has 0 bridgehead atoms. The van der Waals surface area contributed by atoms with Crippen molar-refractivity contribution in [3.8, 4) is 0 Å². The molecule has 15 heavy (non-hydrogen) atoms. The summed E-state index contributed by atoms with van der Waals surface area (Å²) in [5.74, 6) is 0.655. The molecule has 4 heteroatoms. The first-order valence-corrected chi connectivity index (χ1v) is 5.84. The van der Waals surface area contributed by atoms with Gasteiger partial charge >= 0.3 is 0 Å². The first-order valence-electron chi connectivity index (χ1n) is 5.05. The van der Waals surface area contributed by atoms with Gasteiger partial charge in [0.2, 0.25) is 5.91 Å².